The lowest BCUT2D eigenvalue weighted by Crippen LogP contribution is -2.42. The molecule has 1 saturated heterocycles. The van der Waals surface area contributed by atoms with Crippen LogP contribution in [0.3, 0.4) is 0 Å². The lowest BCUT2D eigenvalue weighted by atomic mass is 10.1. The first-order valence-corrected chi connectivity index (χ1v) is 7.36. The molecule has 1 N–H and O–H groups in total. The molecule has 0 spiro atoms. The Balaban J connectivity index is 1.87. The molecule has 3 heteroatoms. The van der Waals surface area contributed by atoms with Gasteiger partial charge in [0.1, 0.15) is 0 Å². The topological polar surface area (TPSA) is 32.3 Å². The summed E-state index contributed by atoms with van der Waals surface area (Å²) < 4.78 is 0. The summed E-state index contributed by atoms with van der Waals surface area (Å²) in [5.41, 5.74) is 0. The Morgan fingerprint density at radius 3 is 2.53 bits per heavy atom. The number of carbonyl (C=O) groups is 1. The average molecular weight is 238 g/mol. The van der Waals surface area contributed by atoms with Crippen molar-refractivity contribution in [1.82, 2.24) is 10.2 Å². The number of nitrogens with zero attached hydrogens (tertiary/aromatic N) is 1. The van der Waals surface area contributed by atoms with Gasteiger partial charge in [-0.05, 0) is 32.2 Å². The van der Waals surface area contributed by atoms with E-state index >= 15 is 0 Å². The molecule has 2 fully saturated rings. The van der Waals surface area contributed by atoms with Crippen LogP contribution in [0, 0.1) is 0 Å². The molecule has 1 aliphatic carbocycles. The molecule has 1 saturated carbocycles. The van der Waals surface area contributed by atoms with E-state index in [1.54, 1.807) is 0 Å². The highest BCUT2D eigenvalue weighted by Crippen LogP contribution is 2.25. The van der Waals surface area contributed by atoms with E-state index in [0.717, 1.165) is 25.9 Å². The Labute approximate surface area is 105 Å². The van der Waals surface area contributed by atoms with Gasteiger partial charge < -0.3 is 10.2 Å². The van der Waals surface area contributed by atoms with Crippen molar-refractivity contribution >= 4 is 5.91 Å². The van der Waals surface area contributed by atoms with Crippen molar-refractivity contribution in [2.24, 2.45) is 0 Å². The molecule has 0 radical (unpaired) electrons. The molecule has 17 heavy (non-hydrogen) atoms. The Kier molecular flexibility index (Phi) is 4.84. The average Bonchev–Trinajstić information content (AvgIpc) is 2.58. The molecule has 3 nitrogen and oxygen atoms in total. The minimum absolute atomic E-state index is 0.109. The zero-order valence-corrected chi connectivity index (χ0v) is 11.1. The van der Waals surface area contributed by atoms with E-state index in [-0.39, 0.29) is 6.04 Å². The number of hydrogen-bond acceptors (Lipinski definition) is 2. The summed E-state index contributed by atoms with van der Waals surface area (Å²) in [6.45, 7) is 4.09. The fourth-order valence-corrected chi connectivity index (χ4v) is 3.14. The fourth-order valence-electron chi connectivity index (χ4n) is 3.14. The summed E-state index contributed by atoms with van der Waals surface area (Å²) in [4.78, 5) is 14.5. The van der Waals surface area contributed by atoms with Crippen LogP contribution in [0.25, 0.3) is 0 Å². The predicted octanol–water partition coefficient (Wildman–Crippen LogP) is 2.31. The second-order valence-corrected chi connectivity index (χ2v) is 5.47. The Bertz CT molecular complexity index is 247. The molecule has 98 valence electrons. The van der Waals surface area contributed by atoms with E-state index in [1.165, 1.54) is 38.5 Å². The molecule has 0 aromatic heterocycles. The summed E-state index contributed by atoms with van der Waals surface area (Å²) in [5.74, 6) is 0.366. The molecule has 1 heterocycles. The first kappa shape index (κ1) is 12.9. The molecule has 1 unspecified atom stereocenters. The fraction of sp³-hybridized carbons (Fsp3) is 0.929. The number of carbonyl (C=O) groups excluding carboxylic acids is 1. The maximum absolute atomic E-state index is 12.3. The third-order valence-corrected chi connectivity index (χ3v) is 4.15. The molecule has 0 aromatic rings. The van der Waals surface area contributed by atoms with Gasteiger partial charge in [-0.15, -0.1) is 0 Å². The maximum atomic E-state index is 12.3. The maximum Gasteiger partial charge on any atom is 0.240 e. The van der Waals surface area contributed by atoms with Crippen LogP contribution in [0.4, 0.5) is 0 Å². The molecular formula is C14H26N2O. The van der Waals surface area contributed by atoms with Crippen LogP contribution >= 0.6 is 0 Å². The molecule has 0 bridgehead atoms. The highest BCUT2D eigenvalue weighted by Gasteiger charge is 2.35. The Hall–Kier alpha value is -0.570. The zero-order valence-electron chi connectivity index (χ0n) is 11.1. The van der Waals surface area contributed by atoms with Crippen LogP contribution in [0.1, 0.15) is 58.3 Å². The minimum Gasteiger partial charge on any atom is -0.338 e. The largest absolute Gasteiger partial charge is 0.338 e. The van der Waals surface area contributed by atoms with Crippen LogP contribution in [-0.2, 0) is 4.79 Å². The SMILES string of the molecule is CCCNC1CCN(C2CCCCCC2)C1=O. The highest BCUT2D eigenvalue weighted by atomic mass is 16.2. The van der Waals surface area contributed by atoms with Crippen LogP contribution < -0.4 is 5.32 Å². The number of hydrogen-bond donors (Lipinski definition) is 1. The number of likely N-dealkylation sites (tertiary alicyclic amines) is 1. The number of nitrogens with one attached hydrogen (secondary N) is 1. The van der Waals surface area contributed by atoms with Crippen molar-refractivity contribution in [3.05, 3.63) is 0 Å². The van der Waals surface area contributed by atoms with E-state index in [2.05, 4.69) is 17.1 Å². The van der Waals surface area contributed by atoms with Crippen molar-refractivity contribution < 1.29 is 4.79 Å². The Morgan fingerprint density at radius 1 is 1.18 bits per heavy atom. The van der Waals surface area contributed by atoms with Crippen LogP contribution in [0.15, 0.2) is 0 Å². The molecule has 0 aromatic carbocycles. The minimum atomic E-state index is 0.109. The third-order valence-electron chi connectivity index (χ3n) is 4.15. The summed E-state index contributed by atoms with van der Waals surface area (Å²) in [7, 11) is 0. The third kappa shape index (κ3) is 3.21. The van der Waals surface area contributed by atoms with E-state index in [0.29, 0.717) is 11.9 Å². The zero-order chi connectivity index (χ0) is 12.1. The van der Waals surface area contributed by atoms with Crippen LogP contribution in [0.2, 0.25) is 0 Å². The summed E-state index contributed by atoms with van der Waals surface area (Å²) in [6.07, 6.45) is 9.90. The second-order valence-electron chi connectivity index (χ2n) is 5.47. The molecule has 1 amide bonds. The van der Waals surface area contributed by atoms with Gasteiger partial charge in [0, 0.05) is 12.6 Å². The molecule has 2 rings (SSSR count). The lowest BCUT2D eigenvalue weighted by Gasteiger charge is -2.27. The monoisotopic (exact) mass is 238 g/mol. The van der Waals surface area contributed by atoms with Gasteiger partial charge in [0.15, 0.2) is 0 Å². The first-order chi connectivity index (χ1) is 8.33. The van der Waals surface area contributed by atoms with Crippen molar-refractivity contribution in [1.29, 1.82) is 0 Å². The van der Waals surface area contributed by atoms with Gasteiger partial charge in [0.2, 0.25) is 5.91 Å². The predicted molar refractivity (Wildman–Crippen MR) is 69.9 cm³/mol. The van der Waals surface area contributed by atoms with E-state index in [1.807, 2.05) is 0 Å². The molecule has 1 atom stereocenters. The molecule has 2 aliphatic rings. The van der Waals surface area contributed by atoms with Gasteiger partial charge in [-0.1, -0.05) is 32.6 Å². The standard InChI is InChI=1S/C14H26N2O/c1-2-10-15-13-9-11-16(14(13)17)12-7-5-3-4-6-8-12/h12-13,15H,2-11H2,1H3. The number of rotatable bonds is 4. The van der Waals surface area contributed by atoms with E-state index in [9.17, 15) is 4.79 Å². The summed E-state index contributed by atoms with van der Waals surface area (Å²) in [5, 5.41) is 3.37. The first-order valence-electron chi connectivity index (χ1n) is 7.36. The van der Waals surface area contributed by atoms with Gasteiger partial charge in [0.05, 0.1) is 6.04 Å². The van der Waals surface area contributed by atoms with Crippen molar-refractivity contribution in [3.63, 3.8) is 0 Å². The van der Waals surface area contributed by atoms with Crippen molar-refractivity contribution in [3.8, 4) is 0 Å². The highest BCUT2D eigenvalue weighted by molar-refractivity contribution is 5.84. The summed E-state index contributed by atoms with van der Waals surface area (Å²) >= 11 is 0. The molecular weight excluding hydrogens is 212 g/mol. The van der Waals surface area contributed by atoms with E-state index in [4.69, 9.17) is 0 Å². The van der Waals surface area contributed by atoms with Gasteiger partial charge in [-0.2, -0.15) is 0 Å². The van der Waals surface area contributed by atoms with Gasteiger partial charge in [0.25, 0.3) is 0 Å². The van der Waals surface area contributed by atoms with Gasteiger partial charge >= 0.3 is 0 Å². The van der Waals surface area contributed by atoms with Crippen molar-refractivity contribution in [2.75, 3.05) is 13.1 Å². The normalized spacial score (nSPS) is 27.5. The van der Waals surface area contributed by atoms with Crippen LogP contribution in [0.5, 0.6) is 0 Å². The van der Waals surface area contributed by atoms with E-state index < -0.39 is 0 Å². The smallest absolute Gasteiger partial charge is 0.240 e. The van der Waals surface area contributed by atoms with Gasteiger partial charge in [-0.25, -0.2) is 0 Å². The summed E-state index contributed by atoms with van der Waals surface area (Å²) in [6, 6.07) is 0.650. The molecule has 1 aliphatic heterocycles. The van der Waals surface area contributed by atoms with Crippen molar-refractivity contribution in [2.45, 2.75) is 70.4 Å². The number of amides is 1. The quantitative estimate of drug-likeness (QED) is 0.762. The Morgan fingerprint density at radius 2 is 1.88 bits per heavy atom. The van der Waals surface area contributed by atoms with Gasteiger partial charge in [-0.3, -0.25) is 4.79 Å². The lowest BCUT2D eigenvalue weighted by molar-refractivity contribution is -0.131. The second kappa shape index (κ2) is 6.39. The van der Waals surface area contributed by atoms with Crippen LogP contribution in [-0.4, -0.2) is 36.0 Å².